The SMILES string of the molecule is Cc1c(C(=O)O[C@@H](C)C(=O)N(C)c2ccccc2)sc2nc3n(c(=O)c12)CCC3. The Hall–Kier alpha value is -3.00. The Kier molecular flexibility index (Phi) is 4.96. The molecule has 7 nitrogen and oxygen atoms in total. The molecule has 3 heterocycles. The lowest BCUT2D eigenvalue weighted by atomic mass is 10.2. The zero-order valence-electron chi connectivity index (χ0n) is 16.5. The number of thiophene rings is 1. The highest BCUT2D eigenvalue weighted by atomic mass is 32.1. The van der Waals surface area contributed by atoms with Crippen molar-refractivity contribution in [1.82, 2.24) is 9.55 Å². The van der Waals surface area contributed by atoms with Crippen molar-refractivity contribution in [3.8, 4) is 0 Å². The third-order valence-electron chi connectivity index (χ3n) is 5.20. The average molecular weight is 411 g/mol. The molecule has 0 radical (unpaired) electrons. The molecule has 1 aromatic carbocycles. The van der Waals surface area contributed by atoms with Crippen molar-refractivity contribution >= 4 is 39.1 Å². The van der Waals surface area contributed by atoms with Gasteiger partial charge in [-0.1, -0.05) is 18.2 Å². The second-order valence-corrected chi connectivity index (χ2v) is 8.10. The van der Waals surface area contributed by atoms with Gasteiger partial charge in [-0.05, 0) is 38.0 Å². The van der Waals surface area contributed by atoms with Crippen LogP contribution in [0.3, 0.4) is 0 Å². The van der Waals surface area contributed by atoms with Crippen molar-refractivity contribution in [2.45, 2.75) is 39.3 Å². The van der Waals surface area contributed by atoms with Crippen LogP contribution in [0.25, 0.3) is 10.2 Å². The monoisotopic (exact) mass is 411 g/mol. The molecule has 0 bridgehead atoms. The van der Waals surface area contributed by atoms with Gasteiger partial charge in [0, 0.05) is 25.7 Å². The van der Waals surface area contributed by atoms with Gasteiger partial charge in [-0.3, -0.25) is 14.2 Å². The summed E-state index contributed by atoms with van der Waals surface area (Å²) in [5, 5.41) is 0.466. The molecule has 8 heteroatoms. The van der Waals surface area contributed by atoms with Gasteiger partial charge in [0.25, 0.3) is 11.5 Å². The summed E-state index contributed by atoms with van der Waals surface area (Å²) in [5.74, 6) is -0.186. The van der Waals surface area contributed by atoms with Gasteiger partial charge in [-0.2, -0.15) is 0 Å². The van der Waals surface area contributed by atoms with E-state index in [4.69, 9.17) is 4.74 Å². The molecule has 1 aliphatic heterocycles. The fourth-order valence-electron chi connectivity index (χ4n) is 3.59. The standard InChI is InChI=1S/C21H21N3O4S/c1-12-16-18(22-15-10-7-11-24(15)20(16)26)29-17(12)21(27)28-13(2)19(25)23(3)14-8-5-4-6-9-14/h4-6,8-9,13H,7,10-11H2,1-3H3/t13-/m0/s1. The second kappa shape index (κ2) is 7.44. The van der Waals surface area contributed by atoms with E-state index in [9.17, 15) is 14.4 Å². The Morgan fingerprint density at radius 2 is 2.00 bits per heavy atom. The van der Waals surface area contributed by atoms with Crippen LogP contribution < -0.4 is 10.5 Å². The molecule has 0 unspecified atom stereocenters. The molecule has 150 valence electrons. The van der Waals surface area contributed by atoms with Gasteiger partial charge < -0.3 is 9.64 Å². The van der Waals surface area contributed by atoms with E-state index in [0.717, 1.165) is 30.0 Å². The van der Waals surface area contributed by atoms with Gasteiger partial charge in [0.15, 0.2) is 6.10 Å². The number of nitrogens with zero attached hydrogens (tertiary/aromatic N) is 3. The topological polar surface area (TPSA) is 81.5 Å². The van der Waals surface area contributed by atoms with Crippen LogP contribution in [-0.2, 0) is 22.5 Å². The van der Waals surface area contributed by atoms with Crippen molar-refractivity contribution in [3.05, 3.63) is 57.0 Å². The number of benzene rings is 1. The number of rotatable bonds is 4. The number of carbonyl (C=O) groups excluding carboxylic acids is 2. The van der Waals surface area contributed by atoms with E-state index >= 15 is 0 Å². The number of aromatic nitrogens is 2. The number of para-hydroxylation sites is 1. The molecule has 3 aromatic rings. The van der Waals surface area contributed by atoms with Crippen LogP contribution in [-0.4, -0.2) is 34.6 Å². The van der Waals surface area contributed by atoms with E-state index in [1.807, 2.05) is 18.2 Å². The molecule has 0 N–H and O–H groups in total. The van der Waals surface area contributed by atoms with E-state index in [2.05, 4.69) is 4.98 Å². The van der Waals surface area contributed by atoms with E-state index < -0.39 is 12.1 Å². The van der Waals surface area contributed by atoms with Gasteiger partial charge >= 0.3 is 5.97 Å². The number of aryl methyl sites for hydroxylation is 2. The van der Waals surface area contributed by atoms with Crippen molar-refractivity contribution in [2.24, 2.45) is 0 Å². The normalized spacial score (nSPS) is 13.9. The van der Waals surface area contributed by atoms with Gasteiger partial charge in [-0.15, -0.1) is 11.3 Å². The van der Waals surface area contributed by atoms with Crippen LogP contribution in [0, 0.1) is 6.92 Å². The number of likely N-dealkylation sites (N-methyl/N-ethyl adjacent to an activating group) is 1. The Morgan fingerprint density at radius 3 is 2.72 bits per heavy atom. The van der Waals surface area contributed by atoms with Gasteiger partial charge in [0.1, 0.15) is 15.5 Å². The lowest BCUT2D eigenvalue weighted by Crippen LogP contribution is -2.37. The predicted octanol–water partition coefficient (Wildman–Crippen LogP) is 2.92. The molecule has 1 atom stereocenters. The first-order valence-electron chi connectivity index (χ1n) is 9.45. The molecule has 29 heavy (non-hydrogen) atoms. The molecule has 0 aliphatic carbocycles. The summed E-state index contributed by atoms with van der Waals surface area (Å²) in [6.45, 7) is 3.93. The van der Waals surface area contributed by atoms with Gasteiger partial charge in [0.05, 0.1) is 5.39 Å². The van der Waals surface area contributed by atoms with Crippen LogP contribution in [0.4, 0.5) is 5.69 Å². The van der Waals surface area contributed by atoms with Crippen LogP contribution >= 0.6 is 11.3 Å². The third-order valence-corrected chi connectivity index (χ3v) is 6.37. The summed E-state index contributed by atoms with van der Waals surface area (Å²) in [7, 11) is 1.64. The van der Waals surface area contributed by atoms with Crippen molar-refractivity contribution in [3.63, 3.8) is 0 Å². The number of anilines is 1. The fraction of sp³-hybridized carbons (Fsp3) is 0.333. The summed E-state index contributed by atoms with van der Waals surface area (Å²) in [5.41, 5.74) is 1.17. The van der Waals surface area contributed by atoms with Crippen LogP contribution in [0.2, 0.25) is 0 Å². The maximum Gasteiger partial charge on any atom is 0.349 e. The number of hydrogen-bond acceptors (Lipinski definition) is 6. The highest BCUT2D eigenvalue weighted by molar-refractivity contribution is 7.20. The molecule has 2 aromatic heterocycles. The Labute approximate surface area is 171 Å². The molecule has 1 amide bonds. The molecular weight excluding hydrogens is 390 g/mol. The lowest BCUT2D eigenvalue weighted by Gasteiger charge is -2.21. The zero-order chi connectivity index (χ0) is 20.7. The fourth-order valence-corrected chi connectivity index (χ4v) is 4.66. The first-order valence-corrected chi connectivity index (χ1v) is 10.3. The van der Waals surface area contributed by atoms with Gasteiger partial charge in [-0.25, -0.2) is 9.78 Å². The van der Waals surface area contributed by atoms with Crippen LogP contribution in [0.15, 0.2) is 35.1 Å². The van der Waals surface area contributed by atoms with Crippen LogP contribution in [0.5, 0.6) is 0 Å². The molecule has 4 rings (SSSR count). The number of esters is 1. The number of hydrogen-bond donors (Lipinski definition) is 0. The van der Waals surface area contributed by atoms with Crippen LogP contribution in [0.1, 0.15) is 34.4 Å². The molecule has 0 saturated carbocycles. The molecule has 0 spiro atoms. The van der Waals surface area contributed by atoms with E-state index in [1.54, 1.807) is 37.6 Å². The average Bonchev–Trinajstić information content (AvgIpc) is 3.32. The zero-order valence-corrected chi connectivity index (χ0v) is 17.3. The Bertz CT molecular complexity index is 1170. The number of carbonyl (C=O) groups is 2. The highest BCUT2D eigenvalue weighted by Crippen LogP contribution is 2.29. The predicted molar refractivity (Wildman–Crippen MR) is 112 cm³/mol. The van der Waals surface area contributed by atoms with Gasteiger partial charge in [0.2, 0.25) is 0 Å². The minimum Gasteiger partial charge on any atom is -0.448 e. The second-order valence-electron chi connectivity index (χ2n) is 7.11. The molecule has 1 aliphatic rings. The maximum absolute atomic E-state index is 12.8. The molecule has 0 saturated heterocycles. The summed E-state index contributed by atoms with van der Waals surface area (Å²) >= 11 is 1.15. The van der Waals surface area contributed by atoms with Crippen molar-refractivity contribution in [2.75, 3.05) is 11.9 Å². The summed E-state index contributed by atoms with van der Waals surface area (Å²) in [6, 6.07) is 9.14. The lowest BCUT2D eigenvalue weighted by molar-refractivity contribution is -0.126. The third kappa shape index (κ3) is 3.33. The molecular formula is C21H21N3O4S. The Morgan fingerprint density at radius 1 is 1.28 bits per heavy atom. The molecule has 0 fully saturated rings. The maximum atomic E-state index is 12.8. The number of amides is 1. The first kappa shape index (κ1) is 19.3. The summed E-state index contributed by atoms with van der Waals surface area (Å²) < 4.78 is 7.11. The minimum absolute atomic E-state index is 0.108. The van der Waals surface area contributed by atoms with E-state index in [1.165, 1.54) is 4.90 Å². The summed E-state index contributed by atoms with van der Waals surface area (Å²) in [4.78, 5) is 45.0. The number of ether oxygens (including phenoxy) is 1. The van der Waals surface area contributed by atoms with Crippen molar-refractivity contribution < 1.29 is 14.3 Å². The quantitative estimate of drug-likeness (QED) is 0.617. The van der Waals surface area contributed by atoms with E-state index in [0.29, 0.717) is 32.9 Å². The van der Waals surface area contributed by atoms with E-state index in [-0.39, 0.29) is 11.5 Å². The summed E-state index contributed by atoms with van der Waals surface area (Å²) in [6.07, 6.45) is 0.706. The highest BCUT2D eigenvalue weighted by Gasteiger charge is 2.27. The smallest absolute Gasteiger partial charge is 0.349 e. The largest absolute Gasteiger partial charge is 0.448 e. The first-order chi connectivity index (χ1) is 13.9. The number of fused-ring (bicyclic) bond motifs is 2. The van der Waals surface area contributed by atoms with Crippen molar-refractivity contribution in [1.29, 1.82) is 0 Å². The minimum atomic E-state index is -0.962. The Balaban J connectivity index is 1.58.